The molecule has 2 aliphatic rings. The molecule has 1 saturated heterocycles. The number of methoxy groups -OCH3 is 2. The number of hydrazone groups is 1. The van der Waals surface area contributed by atoms with Gasteiger partial charge in [-0.15, -0.1) is 0 Å². The van der Waals surface area contributed by atoms with E-state index in [0.717, 1.165) is 0 Å². The first-order valence-corrected chi connectivity index (χ1v) is 8.69. The molecule has 0 atom stereocenters. The molecule has 0 aliphatic carbocycles. The fourth-order valence-electron chi connectivity index (χ4n) is 3.04. The molecule has 1 N–H and O–H groups in total. The molecule has 3 rings (SSSR count). The first-order chi connectivity index (χ1) is 13.0. The number of carbonyl (C=O) groups is 3. The third-order valence-corrected chi connectivity index (χ3v) is 4.60. The van der Waals surface area contributed by atoms with Crippen molar-refractivity contribution in [2.75, 3.05) is 40.4 Å². The van der Waals surface area contributed by atoms with Gasteiger partial charge in [-0.2, -0.15) is 5.10 Å². The number of hydrogen-bond donors (Lipinski definition) is 1. The topological polar surface area (TPSA) is 101 Å². The van der Waals surface area contributed by atoms with Gasteiger partial charge in [0.1, 0.15) is 17.2 Å². The van der Waals surface area contributed by atoms with Crippen LogP contribution in [0.3, 0.4) is 0 Å². The highest BCUT2D eigenvalue weighted by Gasteiger charge is 2.29. The summed E-state index contributed by atoms with van der Waals surface area (Å²) in [6, 6.07) is 5.04. The van der Waals surface area contributed by atoms with E-state index in [1.165, 1.54) is 14.2 Å². The van der Waals surface area contributed by atoms with Crippen LogP contribution in [-0.2, 0) is 9.59 Å². The molecule has 9 heteroatoms. The van der Waals surface area contributed by atoms with Crippen molar-refractivity contribution in [3.05, 3.63) is 23.8 Å². The largest absolute Gasteiger partial charge is 0.497 e. The quantitative estimate of drug-likeness (QED) is 0.815. The SMILES string of the molecule is COc1cc(OC)cc(C(=O)N2CCN(C(=O)C3=NNC(=O)CC3)CC2)c1. The molecule has 0 unspecified atom stereocenters. The zero-order valence-corrected chi connectivity index (χ0v) is 15.4. The molecule has 2 heterocycles. The van der Waals surface area contributed by atoms with Crippen LogP contribution in [0.5, 0.6) is 11.5 Å². The number of benzene rings is 1. The Bertz CT molecular complexity index is 762. The minimum atomic E-state index is -0.190. The van der Waals surface area contributed by atoms with E-state index in [1.54, 1.807) is 28.0 Å². The maximum atomic E-state index is 12.8. The number of piperazine rings is 1. The number of ether oxygens (including phenoxy) is 2. The van der Waals surface area contributed by atoms with Crippen LogP contribution in [-0.4, -0.2) is 73.6 Å². The van der Waals surface area contributed by atoms with Crippen molar-refractivity contribution in [2.24, 2.45) is 5.10 Å². The molecule has 1 fully saturated rings. The highest BCUT2D eigenvalue weighted by molar-refractivity contribution is 6.39. The molecular weight excluding hydrogens is 352 g/mol. The average molecular weight is 374 g/mol. The zero-order valence-electron chi connectivity index (χ0n) is 15.4. The van der Waals surface area contributed by atoms with Crippen molar-refractivity contribution < 1.29 is 23.9 Å². The second-order valence-electron chi connectivity index (χ2n) is 6.28. The van der Waals surface area contributed by atoms with Gasteiger partial charge in [-0.3, -0.25) is 14.4 Å². The van der Waals surface area contributed by atoms with Crippen LogP contribution in [0, 0.1) is 0 Å². The van der Waals surface area contributed by atoms with Crippen LogP contribution in [0.1, 0.15) is 23.2 Å². The smallest absolute Gasteiger partial charge is 0.270 e. The van der Waals surface area contributed by atoms with Crippen LogP contribution in [0.15, 0.2) is 23.3 Å². The molecule has 9 nitrogen and oxygen atoms in total. The Balaban J connectivity index is 1.63. The molecule has 27 heavy (non-hydrogen) atoms. The predicted octanol–water partition coefficient (Wildman–Crippen LogP) is 0.254. The van der Waals surface area contributed by atoms with Gasteiger partial charge in [0, 0.05) is 50.7 Å². The van der Waals surface area contributed by atoms with Crippen LogP contribution >= 0.6 is 0 Å². The van der Waals surface area contributed by atoms with Gasteiger partial charge in [-0.05, 0) is 12.1 Å². The second-order valence-corrected chi connectivity index (χ2v) is 6.28. The molecule has 2 aliphatic heterocycles. The molecule has 0 spiro atoms. The van der Waals surface area contributed by atoms with Gasteiger partial charge in [0.05, 0.1) is 14.2 Å². The van der Waals surface area contributed by atoms with E-state index in [0.29, 0.717) is 55.4 Å². The van der Waals surface area contributed by atoms with E-state index in [1.807, 2.05) is 0 Å². The van der Waals surface area contributed by atoms with E-state index < -0.39 is 0 Å². The van der Waals surface area contributed by atoms with Gasteiger partial charge in [0.2, 0.25) is 5.91 Å². The summed E-state index contributed by atoms with van der Waals surface area (Å²) in [6.45, 7) is 1.67. The first kappa shape index (κ1) is 18.7. The van der Waals surface area contributed by atoms with E-state index >= 15 is 0 Å². The lowest BCUT2D eigenvalue weighted by Crippen LogP contribution is -2.52. The highest BCUT2D eigenvalue weighted by atomic mass is 16.5. The Morgan fingerprint density at radius 1 is 0.926 bits per heavy atom. The number of amides is 3. The molecular formula is C18H22N4O5. The fraction of sp³-hybridized carbons (Fsp3) is 0.444. The highest BCUT2D eigenvalue weighted by Crippen LogP contribution is 2.24. The molecule has 144 valence electrons. The number of rotatable bonds is 4. The van der Waals surface area contributed by atoms with Crippen LogP contribution < -0.4 is 14.9 Å². The van der Waals surface area contributed by atoms with Gasteiger partial charge in [0.15, 0.2) is 0 Å². The van der Waals surface area contributed by atoms with Crippen molar-refractivity contribution in [3.63, 3.8) is 0 Å². The molecule has 1 aromatic carbocycles. The summed E-state index contributed by atoms with van der Waals surface area (Å²) in [7, 11) is 3.06. The molecule has 0 aromatic heterocycles. The first-order valence-electron chi connectivity index (χ1n) is 8.69. The summed E-state index contributed by atoms with van der Waals surface area (Å²) in [5, 5.41) is 3.84. The summed E-state index contributed by atoms with van der Waals surface area (Å²) >= 11 is 0. The fourth-order valence-corrected chi connectivity index (χ4v) is 3.04. The Hall–Kier alpha value is -3.10. The van der Waals surface area contributed by atoms with Crippen LogP contribution in [0.25, 0.3) is 0 Å². The summed E-state index contributed by atoms with van der Waals surface area (Å²) in [4.78, 5) is 39.8. The summed E-state index contributed by atoms with van der Waals surface area (Å²) in [5.41, 5.74) is 3.17. The maximum Gasteiger partial charge on any atom is 0.270 e. The number of carbonyl (C=O) groups excluding carboxylic acids is 3. The Kier molecular flexibility index (Phi) is 5.58. The molecule has 1 aromatic rings. The van der Waals surface area contributed by atoms with Gasteiger partial charge in [-0.25, -0.2) is 5.43 Å². The summed E-state index contributed by atoms with van der Waals surface area (Å²) in [5.74, 6) is 0.579. The number of nitrogens with zero attached hydrogens (tertiary/aromatic N) is 3. The molecule has 0 saturated carbocycles. The van der Waals surface area contributed by atoms with Crippen molar-refractivity contribution >= 4 is 23.4 Å². The van der Waals surface area contributed by atoms with Crippen molar-refractivity contribution in [1.29, 1.82) is 0 Å². The van der Waals surface area contributed by atoms with Crippen LogP contribution in [0.4, 0.5) is 0 Å². The monoisotopic (exact) mass is 374 g/mol. The van der Waals surface area contributed by atoms with Crippen molar-refractivity contribution in [2.45, 2.75) is 12.8 Å². The molecule has 3 amide bonds. The third-order valence-electron chi connectivity index (χ3n) is 4.60. The minimum Gasteiger partial charge on any atom is -0.497 e. The predicted molar refractivity (Wildman–Crippen MR) is 96.8 cm³/mol. The van der Waals surface area contributed by atoms with E-state index in [4.69, 9.17) is 9.47 Å². The minimum absolute atomic E-state index is 0.137. The lowest BCUT2D eigenvalue weighted by molar-refractivity contribution is -0.126. The lowest BCUT2D eigenvalue weighted by atomic mass is 10.1. The zero-order chi connectivity index (χ0) is 19.4. The third kappa shape index (κ3) is 4.18. The van der Waals surface area contributed by atoms with E-state index in [-0.39, 0.29) is 24.1 Å². The Morgan fingerprint density at radius 3 is 1.96 bits per heavy atom. The van der Waals surface area contributed by atoms with Gasteiger partial charge in [0.25, 0.3) is 11.8 Å². The molecule has 0 radical (unpaired) electrons. The standard InChI is InChI=1S/C18H22N4O5/c1-26-13-9-12(10-14(11-13)27-2)17(24)21-5-7-22(8-6-21)18(25)15-3-4-16(23)20-19-15/h9-11H,3-8H2,1-2H3,(H,20,23). The average Bonchev–Trinajstić information content (AvgIpc) is 2.73. The van der Waals surface area contributed by atoms with Crippen LogP contribution in [0.2, 0.25) is 0 Å². The Labute approximate surface area is 156 Å². The van der Waals surface area contributed by atoms with Crippen molar-refractivity contribution in [3.8, 4) is 11.5 Å². The summed E-state index contributed by atoms with van der Waals surface area (Å²) < 4.78 is 10.4. The second kappa shape index (κ2) is 8.07. The van der Waals surface area contributed by atoms with Gasteiger partial charge >= 0.3 is 0 Å². The van der Waals surface area contributed by atoms with Gasteiger partial charge in [-0.1, -0.05) is 0 Å². The Morgan fingerprint density at radius 2 is 1.48 bits per heavy atom. The van der Waals surface area contributed by atoms with E-state index in [9.17, 15) is 14.4 Å². The van der Waals surface area contributed by atoms with Crippen molar-refractivity contribution in [1.82, 2.24) is 15.2 Å². The molecule has 0 bridgehead atoms. The number of hydrogen-bond acceptors (Lipinski definition) is 6. The maximum absolute atomic E-state index is 12.8. The number of nitrogens with one attached hydrogen (secondary N) is 1. The summed E-state index contributed by atoms with van der Waals surface area (Å²) in [6.07, 6.45) is 0.605. The lowest BCUT2D eigenvalue weighted by Gasteiger charge is -2.35. The normalized spacial score (nSPS) is 17.1. The van der Waals surface area contributed by atoms with E-state index in [2.05, 4.69) is 10.5 Å². The van der Waals surface area contributed by atoms with Gasteiger partial charge < -0.3 is 19.3 Å².